The van der Waals surface area contributed by atoms with Gasteiger partial charge in [0.1, 0.15) is 5.76 Å². The van der Waals surface area contributed by atoms with Crippen LogP contribution < -0.4 is 10.6 Å². The number of aryl methyl sites for hydroxylation is 1. The van der Waals surface area contributed by atoms with Gasteiger partial charge in [-0.3, -0.25) is 0 Å². The molecule has 4 nitrogen and oxygen atoms in total. The third-order valence-electron chi connectivity index (χ3n) is 3.28. The Balaban J connectivity index is 1.80. The molecule has 0 saturated carbocycles. The van der Waals surface area contributed by atoms with Gasteiger partial charge >= 0.3 is 0 Å². The van der Waals surface area contributed by atoms with Gasteiger partial charge in [0.15, 0.2) is 5.13 Å². The highest BCUT2D eigenvalue weighted by molar-refractivity contribution is 7.15. The van der Waals surface area contributed by atoms with Crippen molar-refractivity contribution in [3.8, 4) is 0 Å². The monoisotopic (exact) mass is 263 g/mol. The molecule has 0 saturated heterocycles. The highest BCUT2D eigenvalue weighted by Crippen LogP contribution is 2.36. The third-order valence-corrected chi connectivity index (χ3v) is 4.63. The van der Waals surface area contributed by atoms with Gasteiger partial charge < -0.3 is 15.1 Å². The van der Waals surface area contributed by atoms with Crippen LogP contribution in [0.2, 0.25) is 0 Å². The van der Waals surface area contributed by atoms with Crippen LogP contribution in [0, 0.1) is 0 Å². The number of nitrogens with two attached hydrogens (primary N) is 1. The average Bonchev–Trinajstić information content (AvgIpc) is 2.97. The van der Waals surface area contributed by atoms with Crippen molar-refractivity contribution in [1.82, 2.24) is 4.98 Å². The van der Waals surface area contributed by atoms with E-state index in [0.717, 1.165) is 36.7 Å². The molecule has 1 atom stereocenters. The molecule has 0 bridgehead atoms. The first kappa shape index (κ1) is 11.7. The van der Waals surface area contributed by atoms with E-state index >= 15 is 0 Å². The largest absolute Gasteiger partial charge is 0.467 e. The molecule has 1 aliphatic carbocycles. The normalized spacial score (nSPS) is 18.7. The van der Waals surface area contributed by atoms with Crippen LogP contribution in [0.4, 0.5) is 5.13 Å². The molecule has 0 aliphatic heterocycles. The van der Waals surface area contributed by atoms with E-state index in [1.165, 1.54) is 10.6 Å². The molecule has 2 aromatic rings. The minimum atomic E-state index is 0.178. The summed E-state index contributed by atoms with van der Waals surface area (Å²) in [4.78, 5) is 8.09. The minimum Gasteiger partial charge on any atom is -0.467 e. The second kappa shape index (κ2) is 4.74. The van der Waals surface area contributed by atoms with Crippen molar-refractivity contribution in [3.63, 3.8) is 0 Å². The van der Waals surface area contributed by atoms with Crippen molar-refractivity contribution in [2.24, 2.45) is 5.73 Å². The number of rotatable bonds is 3. The van der Waals surface area contributed by atoms with Crippen LogP contribution in [-0.4, -0.2) is 12.0 Å². The van der Waals surface area contributed by atoms with Crippen molar-refractivity contribution in [3.05, 3.63) is 34.7 Å². The lowest BCUT2D eigenvalue weighted by atomic mass is 9.99. The molecule has 0 amide bonds. The van der Waals surface area contributed by atoms with E-state index in [2.05, 4.69) is 4.90 Å². The van der Waals surface area contributed by atoms with Gasteiger partial charge in [0.25, 0.3) is 0 Å². The first-order valence-electron chi connectivity index (χ1n) is 6.23. The van der Waals surface area contributed by atoms with Gasteiger partial charge in [0.05, 0.1) is 18.5 Å². The summed E-state index contributed by atoms with van der Waals surface area (Å²) in [6, 6.07) is 4.07. The van der Waals surface area contributed by atoms with Gasteiger partial charge in [-0.25, -0.2) is 4.98 Å². The molecule has 1 unspecified atom stereocenters. The van der Waals surface area contributed by atoms with Gasteiger partial charge in [-0.2, -0.15) is 0 Å². The SMILES string of the molecule is CN(Cc1ccco1)c1nc2c(s1)C(N)CCC2. The van der Waals surface area contributed by atoms with Crippen LogP contribution in [0.5, 0.6) is 0 Å². The number of hydrogen-bond donors (Lipinski definition) is 1. The summed E-state index contributed by atoms with van der Waals surface area (Å²) in [5.74, 6) is 0.954. The number of anilines is 1. The number of nitrogens with zero attached hydrogens (tertiary/aromatic N) is 2. The third kappa shape index (κ3) is 2.15. The molecule has 1 aliphatic rings. The molecular formula is C13H17N3OS. The van der Waals surface area contributed by atoms with E-state index < -0.39 is 0 Å². The maximum Gasteiger partial charge on any atom is 0.185 e. The van der Waals surface area contributed by atoms with E-state index in [1.54, 1.807) is 17.6 Å². The molecular weight excluding hydrogens is 246 g/mol. The van der Waals surface area contributed by atoms with Crippen molar-refractivity contribution >= 4 is 16.5 Å². The smallest absolute Gasteiger partial charge is 0.185 e. The Morgan fingerprint density at radius 3 is 3.22 bits per heavy atom. The van der Waals surface area contributed by atoms with Crippen molar-refractivity contribution in [2.75, 3.05) is 11.9 Å². The summed E-state index contributed by atoms with van der Waals surface area (Å²) in [5.41, 5.74) is 7.32. The summed E-state index contributed by atoms with van der Waals surface area (Å²) in [7, 11) is 2.04. The molecule has 2 N–H and O–H groups in total. The van der Waals surface area contributed by atoms with Crippen LogP contribution in [0.15, 0.2) is 22.8 Å². The Hall–Kier alpha value is -1.33. The topological polar surface area (TPSA) is 55.3 Å². The summed E-state index contributed by atoms with van der Waals surface area (Å²) in [5, 5.41) is 1.04. The van der Waals surface area contributed by atoms with E-state index in [0.29, 0.717) is 0 Å². The van der Waals surface area contributed by atoms with E-state index in [1.807, 2.05) is 19.2 Å². The second-order valence-electron chi connectivity index (χ2n) is 4.74. The zero-order chi connectivity index (χ0) is 12.5. The highest BCUT2D eigenvalue weighted by Gasteiger charge is 2.22. The first-order chi connectivity index (χ1) is 8.74. The molecule has 2 heterocycles. The fourth-order valence-electron chi connectivity index (χ4n) is 2.31. The van der Waals surface area contributed by atoms with Gasteiger partial charge in [-0.15, -0.1) is 0 Å². The lowest BCUT2D eigenvalue weighted by Gasteiger charge is -2.15. The predicted molar refractivity (Wildman–Crippen MR) is 72.8 cm³/mol. The Labute approximate surface area is 110 Å². The Morgan fingerprint density at radius 2 is 2.50 bits per heavy atom. The minimum absolute atomic E-state index is 0.178. The lowest BCUT2D eigenvalue weighted by molar-refractivity contribution is 0.507. The van der Waals surface area contributed by atoms with Gasteiger partial charge in [0.2, 0.25) is 0 Å². The van der Waals surface area contributed by atoms with E-state index in [9.17, 15) is 0 Å². The molecule has 5 heteroatoms. The molecule has 0 spiro atoms. The Morgan fingerprint density at radius 1 is 1.61 bits per heavy atom. The quantitative estimate of drug-likeness (QED) is 0.925. The standard InChI is InChI=1S/C13H17N3OS/c1-16(8-9-4-3-7-17-9)13-15-11-6-2-5-10(14)12(11)18-13/h3-4,7,10H,2,5-6,8,14H2,1H3. The number of aromatic nitrogens is 1. The summed E-state index contributed by atoms with van der Waals surface area (Å²) in [6.07, 6.45) is 5.00. The van der Waals surface area contributed by atoms with E-state index in [4.69, 9.17) is 15.1 Å². The molecule has 3 rings (SSSR count). The fraction of sp³-hybridized carbons (Fsp3) is 0.462. The van der Waals surface area contributed by atoms with Crippen LogP contribution in [0.25, 0.3) is 0 Å². The Bertz CT molecular complexity index is 520. The summed E-state index contributed by atoms with van der Waals surface area (Å²) < 4.78 is 5.36. The number of hydrogen-bond acceptors (Lipinski definition) is 5. The highest BCUT2D eigenvalue weighted by atomic mass is 32.1. The maximum atomic E-state index is 6.13. The molecule has 96 valence electrons. The molecule has 2 aromatic heterocycles. The fourth-order valence-corrected chi connectivity index (χ4v) is 3.41. The average molecular weight is 263 g/mol. The summed E-state index contributed by atoms with van der Waals surface area (Å²) >= 11 is 1.72. The molecule has 0 radical (unpaired) electrons. The zero-order valence-electron chi connectivity index (χ0n) is 10.4. The second-order valence-corrected chi connectivity index (χ2v) is 5.75. The zero-order valence-corrected chi connectivity index (χ0v) is 11.2. The van der Waals surface area contributed by atoms with Crippen LogP contribution in [-0.2, 0) is 13.0 Å². The lowest BCUT2D eigenvalue weighted by Crippen LogP contribution is -2.16. The number of thiazole rings is 1. The van der Waals surface area contributed by atoms with Gasteiger partial charge in [0, 0.05) is 18.0 Å². The molecule has 0 fully saturated rings. The predicted octanol–water partition coefficient (Wildman–Crippen LogP) is 2.71. The summed E-state index contributed by atoms with van der Waals surface area (Å²) in [6.45, 7) is 0.745. The van der Waals surface area contributed by atoms with E-state index in [-0.39, 0.29) is 6.04 Å². The number of furan rings is 1. The van der Waals surface area contributed by atoms with Crippen LogP contribution >= 0.6 is 11.3 Å². The maximum absolute atomic E-state index is 6.13. The van der Waals surface area contributed by atoms with Gasteiger partial charge in [-0.05, 0) is 31.4 Å². The Kier molecular flexibility index (Phi) is 3.09. The number of fused-ring (bicyclic) bond motifs is 1. The molecule has 18 heavy (non-hydrogen) atoms. The van der Waals surface area contributed by atoms with Crippen LogP contribution in [0.1, 0.15) is 35.2 Å². The molecule has 0 aromatic carbocycles. The van der Waals surface area contributed by atoms with Crippen molar-refractivity contribution < 1.29 is 4.42 Å². The van der Waals surface area contributed by atoms with Crippen molar-refractivity contribution in [1.29, 1.82) is 0 Å². The van der Waals surface area contributed by atoms with Crippen LogP contribution in [0.3, 0.4) is 0 Å². The van der Waals surface area contributed by atoms with Gasteiger partial charge in [-0.1, -0.05) is 11.3 Å². The first-order valence-corrected chi connectivity index (χ1v) is 7.04. The van der Waals surface area contributed by atoms with Crippen molar-refractivity contribution in [2.45, 2.75) is 31.8 Å².